The maximum Gasteiger partial charge on any atom is 0.339 e. The highest BCUT2D eigenvalue weighted by molar-refractivity contribution is 5.95. The van der Waals surface area contributed by atoms with Gasteiger partial charge in [0, 0.05) is 0 Å². The number of aliphatic hydroxyl groups excluding tert-OH is 1. The van der Waals surface area contributed by atoms with Gasteiger partial charge in [-0.15, -0.1) is 0 Å². The Bertz CT molecular complexity index is 195. The molecule has 5 heteroatoms. The predicted molar refractivity (Wildman–Crippen MR) is 34.8 cm³/mol. The lowest BCUT2D eigenvalue weighted by atomic mass is 10.2. The molecule has 0 radical (unpaired) electrons. The molecule has 0 heterocycles. The molecule has 0 aromatic rings. The summed E-state index contributed by atoms with van der Waals surface area (Å²) < 4.78 is 4.07. The summed E-state index contributed by atoms with van der Waals surface area (Å²) in [6.07, 6.45) is -1.78. The molecule has 0 saturated carbocycles. The molecule has 5 nitrogen and oxygen atoms in total. The van der Waals surface area contributed by atoms with Crippen LogP contribution in [0.3, 0.4) is 0 Å². The van der Waals surface area contributed by atoms with E-state index >= 15 is 0 Å². The van der Waals surface area contributed by atoms with E-state index in [1.165, 1.54) is 0 Å². The van der Waals surface area contributed by atoms with Crippen molar-refractivity contribution in [1.82, 2.24) is 0 Å². The molecule has 0 rings (SSSR count). The average molecular weight is 160 g/mol. The number of carboxylic acids is 1. The first kappa shape index (κ1) is 9.64. The first-order chi connectivity index (χ1) is 5.00. The zero-order valence-electron chi connectivity index (χ0n) is 5.90. The van der Waals surface area contributed by atoms with E-state index in [9.17, 15) is 9.59 Å². The number of hydrogen-bond donors (Lipinski definition) is 2. The molecule has 0 aliphatic carbocycles. The van der Waals surface area contributed by atoms with Gasteiger partial charge in [-0.2, -0.15) is 0 Å². The molecule has 11 heavy (non-hydrogen) atoms. The second kappa shape index (κ2) is 3.72. The SMILES string of the molecule is C=C(C(=O)O)C(O)C(=O)OC. The lowest BCUT2D eigenvalue weighted by molar-refractivity contribution is -0.150. The lowest BCUT2D eigenvalue weighted by Gasteiger charge is -2.06. The van der Waals surface area contributed by atoms with Gasteiger partial charge in [0.15, 0.2) is 6.10 Å². The fourth-order valence-electron chi connectivity index (χ4n) is 0.371. The Labute approximate surface area is 62.9 Å². The maximum absolute atomic E-state index is 10.5. The summed E-state index contributed by atoms with van der Waals surface area (Å²) in [4.78, 5) is 20.6. The van der Waals surface area contributed by atoms with Crippen LogP contribution >= 0.6 is 0 Å². The highest BCUT2D eigenvalue weighted by atomic mass is 16.5. The fraction of sp³-hybridized carbons (Fsp3) is 0.333. The number of methoxy groups -OCH3 is 1. The van der Waals surface area contributed by atoms with Gasteiger partial charge in [-0.05, 0) is 0 Å². The van der Waals surface area contributed by atoms with E-state index in [0.29, 0.717) is 0 Å². The Morgan fingerprint density at radius 2 is 2.00 bits per heavy atom. The molecule has 1 unspecified atom stereocenters. The van der Waals surface area contributed by atoms with Gasteiger partial charge in [-0.1, -0.05) is 6.58 Å². The molecule has 0 aliphatic rings. The van der Waals surface area contributed by atoms with Crippen LogP contribution in [0.5, 0.6) is 0 Å². The molecule has 0 aromatic heterocycles. The molecule has 0 spiro atoms. The van der Waals surface area contributed by atoms with Gasteiger partial charge in [-0.25, -0.2) is 9.59 Å². The highest BCUT2D eigenvalue weighted by Crippen LogP contribution is 2.00. The van der Waals surface area contributed by atoms with Crippen molar-refractivity contribution in [1.29, 1.82) is 0 Å². The summed E-state index contributed by atoms with van der Waals surface area (Å²) in [5, 5.41) is 17.0. The van der Waals surface area contributed by atoms with Crippen LogP contribution < -0.4 is 0 Å². The van der Waals surface area contributed by atoms with Gasteiger partial charge < -0.3 is 14.9 Å². The second-order valence-corrected chi connectivity index (χ2v) is 1.76. The van der Waals surface area contributed by atoms with E-state index in [-0.39, 0.29) is 0 Å². The van der Waals surface area contributed by atoms with E-state index in [0.717, 1.165) is 7.11 Å². The van der Waals surface area contributed by atoms with Crippen LogP contribution in [-0.4, -0.2) is 35.4 Å². The zero-order valence-corrected chi connectivity index (χ0v) is 5.90. The molecule has 0 amide bonds. The Morgan fingerprint density at radius 1 is 1.55 bits per heavy atom. The van der Waals surface area contributed by atoms with Gasteiger partial charge in [0.05, 0.1) is 12.7 Å². The minimum absolute atomic E-state index is 0.600. The van der Waals surface area contributed by atoms with Crippen molar-refractivity contribution in [2.75, 3.05) is 7.11 Å². The third-order valence-electron chi connectivity index (χ3n) is 1.03. The van der Waals surface area contributed by atoms with Crippen molar-refractivity contribution < 1.29 is 24.5 Å². The first-order valence-electron chi connectivity index (χ1n) is 2.68. The van der Waals surface area contributed by atoms with Crippen LogP contribution in [0.2, 0.25) is 0 Å². The summed E-state index contributed by atoms with van der Waals surface area (Å²) in [5.74, 6) is -2.46. The number of carboxylic acid groups (broad SMARTS) is 1. The number of carbonyl (C=O) groups excluding carboxylic acids is 1. The van der Waals surface area contributed by atoms with Crippen molar-refractivity contribution in [2.24, 2.45) is 0 Å². The largest absolute Gasteiger partial charge is 0.478 e. The first-order valence-corrected chi connectivity index (χ1v) is 2.68. The van der Waals surface area contributed by atoms with Crippen molar-refractivity contribution in [2.45, 2.75) is 6.10 Å². The van der Waals surface area contributed by atoms with Gasteiger partial charge in [0.2, 0.25) is 0 Å². The standard InChI is InChI=1S/C6H8O5/c1-3(5(8)9)4(7)6(10)11-2/h4,7H,1H2,2H3,(H,8,9). The molecule has 2 N–H and O–H groups in total. The lowest BCUT2D eigenvalue weighted by Crippen LogP contribution is -2.27. The number of aliphatic carboxylic acids is 1. The van der Waals surface area contributed by atoms with Crippen LogP contribution in [-0.2, 0) is 14.3 Å². The maximum atomic E-state index is 10.5. The van der Waals surface area contributed by atoms with Crippen LogP contribution in [0.15, 0.2) is 12.2 Å². The van der Waals surface area contributed by atoms with E-state index in [1.54, 1.807) is 0 Å². The molecule has 0 bridgehead atoms. The van der Waals surface area contributed by atoms with Gasteiger partial charge in [0.25, 0.3) is 0 Å². The van der Waals surface area contributed by atoms with E-state index < -0.39 is 23.6 Å². The Balaban J connectivity index is 4.25. The van der Waals surface area contributed by atoms with Crippen LogP contribution in [0.4, 0.5) is 0 Å². The topological polar surface area (TPSA) is 83.8 Å². The number of esters is 1. The van der Waals surface area contributed by atoms with Crippen molar-refractivity contribution in [3.63, 3.8) is 0 Å². The molecular formula is C6H8O5. The third-order valence-corrected chi connectivity index (χ3v) is 1.03. The predicted octanol–water partition coefficient (Wildman–Crippen LogP) is -0.839. The normalized spacial score (nSPS) is 11.8. The smallest absolute Gasteiger partial charge is 0.339 e. The van der Waals surface area contributed by atoms with Gasteiger partial charge in [0.1, 0.15) is 0 Å². The number of ether oxygens (including phenoxy) is 1. The molecule has 0 aliphatic heterocycles. The molecular weight excluding hydrogens is 152 g/mol. The van der Waals surface area contributed by atoms with Gasteiger partial charge >= 0.3 is 11.9 Å². The van der Waals surface area contributed by atoms with E-state index in [2.05, 4.69) is 11.3 Å². The number of hydrogen-bond acceptors (Lipinski definition) is 4. The van der Waals surface area contributed by atoms with Crippen LogP contribution in [0.1, 0.15) is 0 Å². The van der Waals surface area contributed by atoms with Crippen LogP contribution in [0.25, 0.3) is 0 Å². The fourth-order valence-corrected chi connectivity index (χ4v) is 0.371. The van der Waals surface area contributed by atoms with Crippen molar-refractivity contribution in [3.8, 4) is 0 Å². The second-order valence-electron chi connectivity index (χ2n) is 1.76. The third kappa shape index (κ3) is 2.38. The summed E-state index contributed by atoms with van der Waals surface area (Å²) in [6.45, 7) is 2.97. The minimum Gasteiger partial charge on any atom is -0.478 e. The average Bonchev–Trinajstić information content (AvgIpc) is 2.00. The molecule has 1 atom stereocenters. The number of rotatable bonds is 3. The van der Waals surface area contributed by atoms with Crippen molar-refractivity contribution in [3.05, 3.63) is 12.2 Å². The Hall–Kier alpha value is -1.36. The van der Waals surface area contributed by atoms with Crippen molar-refractivity contribution >= 4 is 11.9 Å². The van der Waals surface area contributed by atoms with Crippen LogP contribution in [0, 0.1) is 0 Å². The molecule has 0 fully saturated rings. The summed E-state index contributed by atoms with van der Waals surface area (Å²) in [6, 6.07) is 0. The van der Waals surface area contributed by atoms with E-state index in [1.807, 2.05) is 0 Å². The highest BCUT2D eigenvalue weighted by Gasteiger charge is 2.23. The minimum atomic E-state index is -1.78. The quantitative estimate of drug-likeness (QED) is 0.415. The Kier molecular flexibility index (Phi) is 3.26. The monoisotopic (exact) mass is 160 g/mol. The molecule has 0 saturated heterocycles. The summed E-state index contributed by atoms with van der Waals surface area (Å²) >= 11 is 0. The summed E-state index contributed by atoms with van der Waals surface area (Å²) in [7, 11) is 1.04. The molecule has 62 valence electrons. The number of carbonyl (C=O) groups is 2. The molecule has 0 aromatic carbocycles. The van der Waals surface area contributed by atoms with Gasteiger partial charge in [-0.3, -0.25) is 0 Å². The Morgan fingerprint density at radius 3 is 2.27 bits per heavy atom. The van der Waals surface area contributed by atoms with E-state index in [4.69, 9.17) is 10.2 Å². The summed E-state index contributed by atoms with van der Waals surface area (Å²) in [5.41, 5.74) is -0.600. The number of aliphatic hydroxyl groups is 1. The zero-order chi connectivity index (χ0) is 9.02.